The molecule has 1 fully saturated rings. The SMILES string of the molecule is CC(C(=O)NCCc1cccs1)n1nc(C2CC2)ccc1=O. The van der Waals surface area contributed by atoms with E-state index in [1.807, 2.05) is 17.5 Å². The van der Waals surface area contributed by atoms with Crippen LogP contribution in [0.3, 0.4) is 0 Å². The molecule has 0 bridgehead atoms. The van der Waals surface area contributed by atoms with E-state index in [2.05, 4.69) is 10.4 Å². The summed E-state index contributed by atoms with van der Waals surface area (Å²) >= 11 is 1.68. The van der Waals surface area contributed by atoms with Crippen LogP contribution in [0.1, 0.15) is 42.3 Å². The van der Waals surface area contributed by atoms with Gasteiger partial charge in [-0.1, -0.05) is 6.07 Å². The normalized spacial score (nSPS) is 15.5. The van der Waals surface area contributed by atoms with E-state index < -0.39 is 6.04 Å². The maximum atomic E-state index is 12.2. The second-order valence-electron chi connectivity index (χ2n) is 5.61. The highest BCUT2D eigenvalue weighted by Crippen LogP contribution is 2.38. The zero-order valence-electron chi connectivity index (χ0n) is 12.5. The van der Waals surface area contributed by atoms with E-state index in [0.29, 0.717) is 12.5 Å². The van der Waals surface area contributed by atoms with Crippen LogP contribution in [0, 0.1) is 0 Å². The first-order chi connectivity index (χ1) is 10.6. The van der Waals surface area contributed by atoms with E-state index in [9.17, 15) is 9.59 Å². The Morgan fingerprint density at radius 1 is 1.45 bits per heavy atom. The van der Waals surface area contributed by atoms with Crippen molar-refractivity contribution in [3.05, 3.63) is 50.6 Å². The van der Waals surface area contributed by atoms with E-state index >= 15 is 0 Å². The number of hydrogen-bond acceptors (Lipinski definition) is 4. The molecule has 0 spiro atoms. The molecule has 5 nitrogen and oxygen atoms in total. The van der Waals surface area contributed by atoms with Gasteiger partial charge in [-0.15, -0.1) is 11.3 Å². The molecule has 6 heteroatoms. The van der Waals surface area contributed by atoms with Gasteiger partial charge in [-0.3, -0.25) is 9.59 Å². The Balaban J connectivity index is 1.62. The standard InChI is InChI=1S/C16H19N3O2S/c1-11(16(21)17-9-8-13-3-2-10-22-13)19-15(20)7-6-14(18-19)12-4-5-12/h2-3,6-7,10-12H,4-5,8-9H2,1H3,(H,17,21). The lowest BCUT2D eigenvalue weighted by atomic mass is 10.2. The van der Waals surface area contributed by atoms with Crippen molar-refractivity contribution < 1.29 is 4.79 Å². The van der Waals surface area contributed by atoms with E-state index in [4.69, 9.17) is 0 Å². The minimum absolute atomic E-state index is 0.167. The van der Waals surface area contributed by atoms with Crippen LogP contribution in [0.2, 0.25) is 0 Å². The van der Waals surface area contributed by atoms with Crippen molar-refractivity contribution >= 4 is 17.2 Å². The van der Waals surface area contributed by atoms with Gasteiger partial charge in [-0.25, -0.2) is 4.68 Å². The van der Waals surface area contributed by atoms with Gasteiger partial charge in [0.15, 0.2) is 0 Å². The molecule has 0 aliphatic heterocycles. The van der Waals surface area contributed by atoms with Gasteiger partial charge in [0.1, 0.15) is 6.04 Å². The Morgan fingerprint density at radius 3 is 2.95 bits per heavy atom. The van der Waals surface area contributed by atoms with Crippen LogP contribution >= 0.6 is 11.3 Å². The Kier molecular flexibility index (Phi) is 4.38. The smallest absolute Gasteiger partial charge is 0.267 e. The second kappa shape index (κ2) is 6.44. The van der Waals surface area contributed by atoms with Crippen molar-refractivity contribution in [1.29, 1.82) is 0 Å². The molecule has 2 heterocycles. The van der Waals surface area contributed by atoms with Gasteiger partial charge in [0.05, 0.1) is 5.69 Å². The molecule has 1 N–H and O–H groups in total. The van der Waals surface area contributed by atoms with E-state index in [-0.39, 0.29) is 11.5 Å². The van der Waals surface area contributed by atoms with Crippen LogP contribution in [0.15, 0.2) is 34.4 Å². The predicted octanol–water partition coefficient (Wildman–Crippen LogP) is 2.10. The summed E-state index contributed by atoms with van der Waals surface area (Å²) in [7, 11) is 0. The molecule has 1 saturated carbocycles. The third-order valence-electron chi connectivity index (χ3n) is 3.84. The third kappa shape index (κ3) is 3.44. The molecular weight excluding hydrogens is 298 g/mol. The van der Waals surface area contributed by atoms with Crippen molar-refractivity contribution in [1.82, 2.24) is 15.1 Å². The molecule has 2 aromatic rings. The number of nitrogens with one attached hydrogen (secondary N) is 1. The first-order valence-electron chi connectivity index (χ1n) is 7.55. The summed E-state index contributed by atoms with van der Waals surface area (Å²) in [5.74, 6) is 0.292. The predicted molar refractivity (Wildman–Crippen MR) is 86.2 cm³/mol. The minimum atomic E-state index is -0.588. The minimum Gasteiger partial charge on any atom is -0.354 e. The quantitative estimate of drug-likeness (QED) is 0.887. The average molecular weight is 317 g/mol. The molecule has 0 saturated heterocycles. The number of aromatic nitrogens is 2. The summed E-state index contributed by atoms with van der Waals surface area (Å²) < 4.78 is 1.30. The molecule has 1 aliphatic carbocycles. The largest absolute Gasteiger partial charge is 0.354 e. The number of rotatable bonds is 6. The molecule has 1 atom stereocenters. The number of nitrogens with zero attached hydrogens (tertiary/aromatic N) is 2. The molecule has 116 valence electrons. The van der Waals surface area contributed by atoms with Gasteiger partial charge < -0.3 is 5.32 Å². The van der Waals surface area contributed by atoms with Crippen LogP contribution in [-0.4, -0.2) is 22.2 Å². The lowest BCUT2D eigenvalue weighted by Gasteiger charge is -2.14. The summed E-state index contributed by atoms with van der Waals surface area (Å²) in [6, 6.07) is 6.74. The van der Waals surface area contributed by atoms with Crippen molar-refractivity contribution in [2.45, 2.75) is 38.1 Å². The topological polar surface area (TPSA) is 64.0 Å². The van der Waals surface area contributed by atoms with Gasteiger partial charge in [0, 0.05) is 23.4 Å². The van der Waals surface area contributed by atoms with Crippen molar-refractivity contribution in [2.75, 3.05) is 6.54 Å². The fourth-order valence-electron chi connectivity index (χ4n) is 2.34. The highest BCUT2D eigenvalue weighted by molar-refractivity contribution is 7.09. The Morgan fingerprint density at radius 2 is 2.27 bits per heavy atom. The van der Waals surface area contributed by atoms with Crippen molar-refractivity contribution in [3.63, 3.8) is 0 Å². The summed E-state index contributed by atoms with van der Waals surface area (Å²) in [4.78, 5) is 25.4. The van der Waals surface area contributed by atoms with Gasteiger partial charge >= 0.3 is 0 Å². The van der Waals surface area contributed by atoms with E-state index in [1.165, 1.54) is 15.6 Å². The maximum absolute atomic E-state index is 12.2. The lowest BCUT2D eigenvalue weighted by molar-refractivity contribution is -0.124. The molecule has 0 radical (unpaired) electrons. The highest BCUT2D eigenvalue weighted by Gasteiger charge is 2.26. The van der Waals surface area contributed by atoms with Crippen molar-refractivity contribution in [3.8, 4) is 0 Å². The summed E-state index contributed by atoms with van der Waals surface area (Å²) in [5, 5.41) is 9.26. The van der Waals surface area contributed by atoms with E-state index in [1.54, 1.807) is 24.3 Å². The number of carbonyl (C=O) groups excluding carboxylic acids is 1. The molecule has 1 aliphatic rings. The molecule has 22 heavy (non-hydrogen) atoms. The van der Waals surface area contributed by atoms with Crippen LogP contribution in [-0.2, 0) is 11.2 Å². The number of carbonyl (C=O) groups is 1. The third-order valence-corrected chi connectivity index (χ3v) is 4.77. The van der Waals surface area contributed by atoms with Crippen LogP contribution in [0.4, 0.5) is 0 Å². The number of amides is 1. The molecule has 3 rings (SSSR count). The molecule has 2 aromatic heterocycles. The zero-order valence-corrected chi connectivity index (χ0v) is 13.3. The van der Waals surface area contributed by atoms with Crippen LogP contribution in [0.25, 0.3) is 0 Å². The number of thiophene rings is 1. The fourth-order valence-corrected chi connectivity index (χ4v) is 3.05. The number of hydrogen-bond donors (Lipinski definition) is 1. The van der Waals surface area contributed by atoms with Gasteiger partial charge in [0.25, 0.3) is 5.56 Å². The van der Waals surface area contributed by atoms with Crippen LogP contribution in [0.5, 0.6) is 0 Å². The van der Waals surface area contributed by atoms with Gasteiger partial charge in [-0.2, -0.15) is 5.10 Å². The molecule has 1 amide bonds. The fraction of sp³-hybridized carbons (Fsp3) is 0.438. The summed E-state index contributed by atoms with van der Waals surface area (Å²) in [6.45, 7) is 2.28. The first-order valence-corrected chi connectivity index (χ1v) is 8.43. The van der Waals surface area contributed by atoms with Crippen molar-refractivity contribution in [2.24, 2.45) is 0 Å². The maximum Gasteiger partial charge on any atom is 0.267 e. The van der Waals surface area contributed by atoms with E-state index in [0.717, 1.165) is 25.0 Å². The second-order valence-corrected chi connectivity index (χ2v) is 6.64. The Bertz CT molecular complexity index is 704. The zero-order chi connectivity index (χ0) is 15.5. The summed E-state index contributed by atoms with van der Waals surface area (Å²) in [5.41, 5.74) is 0.683. The Labute approximate surface area is 133 Å². The first kappa shape index (κ1) is 15.0. The van der Waals surface area contributed by atoms with Gasteiger partial charge in [-0.05, 0) is 43.7 Å². The Hall–Kier alpha value is -1.95. The molecular formula is C16H19N3O2S. The van der Waals surface area contributed by atoms with Crippen LogP contribution < -0.4 is 10.9 Å². The lowest BCUT2D eigenvalue weighted by Crippen LogP contribution is -2.37. The van der Waals surface area contributed by atoms with Gasteiger partial charge in [0.2, 0.25) is 5.91 Å². The highest BCUT2D eigenvalue weighted by atomic mass is 32.1. The average Bonchev–Trinajstić information content (AvgIpc) is 3.24. The monoisotopic (exact) mass is 317 g/mol. The summed E-state index contributed by atoms with van der Waals surface area (Å²) in [6.07, 6.45) is 3.04. The molecule has 1 unspecified atom stereocenters. The molecule has 0 aromatic carbocycles.